The highest BCUT2D eigenvalue weighted by atomic mass is 32.2. The lowest BCUT2D eigenvalue weighted by atomic mass is 10.3. The summed E-state index contributed by atoms with van der Waals surface area (Å²) in [6.07, 6.45) is 0. The van der Waals surface area contributed by atoms with E-state index in [0.717, 1.165) is 0 Å². The molecule has 25 heavy (non-hydrogen) atoms. The number of aliphatic hydroxyl groups is 1. The molecule has 0 heterocycles. The number of nitrogen functional groups attached to an aromatic ring is 1. The molecule has 1 unspecified atom stereocenters. The smallest absolute Gasteiger partial charge is 0.124 e. The van der Waals surface area contributed by atoms with E-state index in [1.54, 1.807) is 24.3 Å². The molecule has 0 fully saturated rings. The topological polar surface area (TPSA) is 112 Å². The van der Waals surface area contributed by atoms with Crippen molar-refractivity contribution in [3.8, 4) is 0 Å². The average molecular weight is 376 g/mol. The van der Waals surface area contributed by atoms with Gasteiger partial charge in [-0.3, -0.25) is 0 Å². The molecular formula is C16H28N2O6S. The normalized spacial score (nSPS) is 12.4. The van der Waals surface area contributed by atoms with Crippen LogP contribution in [0.2, 0.25) is 0 Å². The van der Waals surface area contributed by atoms with Crippen LogP contribution in [0.5, 0.6) is 0 Å². The first kappa shape index (κ1) is 22.0. The summed E-state index contributed by atoms with van der Waals surface area (Å²) >= 11 is 0. The Balaban J connectivity index is 1.84. The second kappa shape index (κ2) is 15.2. The van der Waals surface area contributed by atoms with Crippen molar-refractivity contribution in [2.45, 2.75) is 4.90 Å². The third-order valence-corrected chi connectivity index (χ3v) is 4.09. The van der Waals surface area contributed by atoms with Crippen molar-refractivity contribution in [1.82, 2.24) is 4.72 Å². The maximum Gasteiger partial charge on any atom is 0.124 e. The van der Waals surface area contributed by atoms with Crippen LogP contribution in [0.1, 0.15) is 0 Å². The highest BCUT2D eigenvalue weighted by Crippen LogP contribution is 2.08. The molecule has 9 heteroatoms. The van der Waals surface area contributed by atoms with Crippen LogP contribution in [0, 0.1) is 0 Å². The molecule has 0 aliphatic heterocycles. The predicted octanol–water partition coefficient (Wildman–Crippen LogP) is -0.0603. The van der Waals surface area contributed by atoms with E-state index in [1.807, 2.05) is 0 Å². The monoisotopic (exact) mass is 376 g/mol. The minimum atomic E-state index is -1.27. The number of nitrogens with two attached hydrogens (primary N) is 1. The van der Waals surface area contributed by atoms with Crippen molar-refractivity contribution in [3.05, 3.63) is 24.3 Å². The van der Waals surface area contributed by atoms with Gasteiger partial charge in [0.2, 0.25) is 0 Å². The number of ether oxygens (including phenoxy) is 4. The van der Waals surface area contributed by atoms with E-state index in [0.29, 0.717) is 70.0 Å². The molecule has 8 nitrogen and oxygen atoms in total. The number of anilines is 1. The maximum atomic E-state index is 11.9. The van der Waals surface area contributed by atoms with Crippen molar-refractivity contribution in [3.63, 3.8) is 0 Å². The van der Waals surface area contributed by atoms with E-state index < -0.39 is 11.0 Å². The van der Waals surface area contributed by atoms with Gasteiger partial charge in [0.25, 0.3) is 0 Å². The lowest BCUT2D eigenvalue weighted by Gasteiger charge is -2.08. The molecule has 144 valence electrons. The zero-order chi connectivity index (χ0) is 18.2. The van der Waals surface area contributed by atoms with Crippen LogP contribution in [0.4, 0.5) is 5.69 Å². The van der Waals surface area contributed by atoms with Gasteiger partial charge in [0.1, 0.15) is 11.0 Å². The zero-order valence-electron chi connectivity index (χ0n) is 14.4. The molecule has 1 atom stereocenters. The Morgan fingerprint density at radius 3 is 1.84 bits per heavy atom. The standard InChI is InChI=1S/C16H28N2O6S/c17-15-1-3-16(4-2-15)25(20)18-5-7-21-9-11-23-13-14-24-12-10-22-8-6-19/h1-4,18-19H,5-14,17H2. The van der Waals surface area contributed by atoms with Gasteiger partial charge in [-0.1, -0.05) is 0 Å². The molecule has 0 aliphatic rings. The van der Waals surface area contributed by atoms with E-state index in [9.17, 15) is 4.21 Å². The highest BCUT2D eigenvalue weighted by Gasteiger charge is 2.02. The summed E-state index contributed by atoms with van der Waals surface area (Å²) in [6, 6.07) is 6.89. The van der Waals surface area contributed by atoms with Crippen molar-refractivity contribution < 1.29 is 28.3 Å². The number of benzene rings is 1. The minimum Gasteiger partial charge on any atom is -0.399 e. The quantitative estimate of drug-likeness (QED) is 0.274. The Morgan fingerprint density at radius 2 is 1.32 bits per heavy atom. The maximum absolute atomic E-state index is 11.9. The van der Waals surface area contributed by atoms with Crippen LogP contribution < -0.4 is 10.5 Å². The first-order valence-electron chi connectivity index (χ1n) is 8.16. The number of hydrogen-bond donors (Lipinski definition) is 3. The van der Waals surface area contributed by atoms with E-state index in [-0.39, 0.29) is 6.61 Å². The van der Waals surface area contributed by atoms with Gasteiger partial charge < -0.3 is 29.8 Å². The lowest BCUT2D eigenvalue weighted by Crippen LogP contribution is -2.23. The van der Waals surface area contributed by atoms with Gasteiger partial charge in [-0.2, -0.15) is 0 Å². The molecule has 0 aliphatic carbocycles. The number of nitrogens with one attached hydrogen (secondary N) is 1. The molecule has 1 aromatic rings. The lowest BCUT2D eigenvalue weighted by molar-refractivity contribution is -0.00495. The molecule has 0 bridgehead atoms. The summed E-state index contributed by atoms with van der Waals surface area (Å²) in [6.45, 7) is 4.16. The summed E-state index contributed by atoms with van der Waals surface area (Å²) in [5, 5.41) is 8.51. The fourth-order valence-electron chi connectivity index (χ4n) is 1.71. The van der Waals surface area contributed by atoms with Crippen LogP contribution in [0.15, 0.2) is 29.2 Å². The summed E-state index contributed by atoms with van der Waals surface area (Å²) < 4.78 is 35.8. The molecule has 1 aromatic carbocycles. The average Bonchev–Trinajstić information content (AvgIpc) is 2.62. The fourth-order valence-corrected chi connectivity index (χ4v) is 2.53. The van der Waals surface area contributed by atoms with Crippen molar-refractivity contribution >= 4 is 16.7 Å². The third kappa shape index (κ3) is 12.0. The largest absolute Gasteiger partial charge is 0.399 e. The Hall–Kier alpha value is -1.07. The van der Waals surface area contributed by atoms with Crippen LogP contribution >= 0.6 is 0 Å². The Bertz CT molecular complexity index is 460. The SMILES string of the molecule is Nc1ccc(S(=O)NCCOCCOCCOCCOCCO)cc1. The van der Waals surface area contributed by atoms with Crippen LogP contribution in [0.25, 0.3) is 0 Å². The van der Waals surface area contributed by atoms with Gasteiger partial charge in [0, 0.05) is 12.2 Å². The number of aliphatic hydroxyl groups excluding tert-OH is 1. The highest BCUT2D eigenvalue weighted by molar-refractivity contribution is 7.83. The van der Waals surface area contributed by atoms with Gasteiger partial charge in [-0.15, -0.1) is 0 Å². The fraction of sp³-hybridized carbons (Fsp3) is 0.625. The first-order valence-corrected chi connectivity index (χ1v) is 9.31. The summed E-state index contributed by atoms with van der Waals surface area (Å²) in [4.78, 5) is 0.680. The molecule has 0 saturated heterocycles. The summed E-state index contributed by atoms with van der Waals surface area (Å²) in [5.74, 6) is 0. The van der Waals surface area contributed by atoms with Crippen LogP contribution in [0.3, 0.4) is 0 Å². The molecular weight excluding hydrogens is 348 g/mol. The van der Waals surface area contributed by atoms with Crippen LogP contribution in [-0.4, -0.2) is 75.3 Å². The molecule has 0 radical (unpaired) electrons. The third-order valence-electron chi connectivity index (χ3n) is 2.93. The summed E-state index contributed by atoms with van der Waals surface area (Å²) in [5.41, 5.74) is 6.23. The van der Waals surface area contributed by atoms with Crippen molar-refractivity contribution in [1.29, 1.82) is 0 Å². The minimum absolute atomic E-state index is 0.0237. The van der Waals surface area contributed by atoms with Crippen molar-refractivity contribution in [2.75, 3.05) is 71.7 Å². The van der Waals surface area contributed by atoms with Gasteiger partial charge in [0.15, 0.2) is 0 Å². The Kier molecular flexibility index (Phi) is 13.4. The van der Waals surface area contributed by atoms with Gasteiger partial charge in [-0.05, 0) is 24.3 Å². The Labute approximate surface area is 151 Å². The van der Waals surface area contributed by atoms with Crippen LogP contribution in [-0.2, 0) is 29.9 Å². The first-order chi connectivity index (χ1) is 12.2. The van der Waals surface area contributed by atoms with Gasteiger partial charge in [-0.25, -0.2) is 8.93 Å². The molecule has 1 rings (SSSR count). The van der Waals surface area contributed by atoms with Crippen molar-refractivity contribution in [2.24, 2.45) is 0 Å². The molecule has 4 N–H and O–H groups in total. The predicted molar refractivity (Wildman–Crippen MR) is 95.6 cm³/mol. The summed E-state index contributed by atoms with van der Waals surface area (Å²) in [7, 11) is -1.27. The Morgan fingerprint density at radius 1 is 0.840 bits per heavy atom. The zero-order valence-corrected chi connectivity index (χ0v) is 15.2. The van der Waals surface area contributed by atoms with E-state index in [4.69, 9.17) is 29.8 Å². The van der Waals surface area contributed by atoms with Gasteiger partial charge in [0.05, 0.1) is 64.4 Å². The van der Waals surface area contributed by atoms with E-state index in [2.05, 4.69) is 4.72 Å². The molecule has 0 spiro atoms. The van der Waals surface area contributed by atoms with E-state index in [1.165, 1.54) is 0 Å². The number of rotatable bonds is 16. The molecule has 0 aromatic heterocycles. The second-order valence-electron chi connectivity index (χ2n) is 4.91. The van der Waals surface area contributed by atoms with Gasteiger partial charge >= 0.3 is 0 Å². The molecule has 0 saturated carbocycles. The number of hydrogen-bond acceptors (Lipinski definition) is 7. The second-order valence-corrected chi connectivity index (χ2v) is 6.20. The van der Waals surface area contributed by atoms with E-state index >= 15 is 0 Å². The molecule has 0 amide bonds.